The summed E-state index contributed by atoms with van der Waals surface area (Å²) in [7, 11) is -5.45. The van der Waals surface area contributed by atoms with E-state index in [4.69, 9.17) is 19.4 Å². The van der Waals surface area contributed by atoms with Gasteiger partial charge in [0, 0.05) is 12.1 Å². The van der Waals surface area contributed by atoms with E-state index in [2.05, 4.69) is 5.32 Å². The molecular weight excluding hydrogens is 411 g/mol. The van der Waals surface area contributed by atoms with Gasteiger partial charge in [0.15, 0.2) is 9.84 Å². The van der Waals surface area contributed by atoms with E-state index in [1.165, 1.54) is 25.1 Å². The van der Waals surface area contributed by atoms with Gasteiger partial charge >= 0.3 is 13.4 Å². The highest BCUT2D eigenvalue weighted by atomic mass is 32.2. The van der Waals surface area contributed by atoms with Gasteiger partial charge in [0.2, 0.25) is 0 Å². The van der Waals surface area contributed by atoms with Crippen LogP contribution in [0.1, 0.15) is 23.6 Å². The lowest BCUT2D eigenvalue weighted by Crippen LogP contribution is -2.20. The maximum atomic E-state index is 12.0. The molecule has 0 bridgehead atoms. The van der Waals surface area contributed by atoms with Crippen LogP contribution in [0, 0.1) is 18.3 Å². The predicted octanol–water partition coefficient (Wildman–Crippen LogP) is 1.80. The van der Waals surface area contributed by atoms with Crippen molar-refractivity contribution in [2.75, 3.05) is 17.7 Å². The van der Waals surface area contributed by atoms with Gasteiger partial charge in [0.05, 0.1) is 22.8 Å². The quantitative estimate of drug-likeness (QED) is 0.536. The van der Waals surface area contributed by atoms with Gasteiger partial charge in [0.25, 0.3) is 0 Å². The first kappa shape index (κ1) is 23.2. The topological polar surface area (TPSA) is 146 Å². The maximum Gasteiger partial charge on any atom is 0.707 e. The smallest absolute Gasteiger partial charge is 0.512 e. The van der Waals surface area contributed by atoms with Crippen LogP contribution in [0.25, 0.3) is 0 Å². The van der Waals surface area contributed by atoms with E-state index in [1.807, 2.05) is 6.07 Å². The van der Waals surface area contributed by atoms with E-state index < -0.39 is 23.3 Å². The molecule has 3 N–H and O–H groups in total. The third kappa shape index (κ3) is 6.22. The summed E-state index contributed by atoms with van der Waals surface area (Å²) in [5, 5.41) is 29.3. The Bertz CT molecular complexity index is 1070. The lowest BCUT2D eigenvalue weighted by Gasteiger charge is -2.11. The molecule has 2 aromatic carbocycles. The number of nitriles is 1. The first-order valence-corrected chi connectivity index (χ1v) is 10.6. The summed E-state index contributed by atoms with van der Waals surface area (Å²) in [6.07, 6.45) is -0.329. The Kier molecular flexibility index (Phi) is 7.82. The summed E-state index contributed by atoms with van der Waals surface area (Å²) in [5.74, 6) is 0.163. The Morgan fingerprint density at radius 3 is 2.57 bits per heavy atom. The van der Waals surface area contributed by atoms with E-state index in [1.54, 1.807) is 25.1 Å². The Labute approximate surface area is 175 Å². The Morgan fingerprint density at radius 1 is 1.23 bits per heavy atom. The molecule has 0 aliphatic rings. The average Bonchev–Trinajstić information content (AvgIpc) is 2.69. The van der Waals surface area contributed by atoms with E-state index in [0.717, 1.165) is 11.1 Å². The number of sulfone groups is 1. The van der Waals surface area contributed by atoms with Gasteiger partial charge in [-0.05, 0) is 48.4 Å². The number of carbonyl (C=O) groups excluding carboxylic acids is 1. The zero-order chi connectivity index (χ0) is 22.3. The zero-order valence-corrected chi connectivity index (χ0v) is 17.3. The van der Waals surface area contributed by atoms with Crippen LogP contribution in [0.5, 0.6) is 5.75 Å². The van der Waals surface area contributed by atoms with E-state index >= 15 is 0 Å². The van der Waals surface area contributed by atoms with Crippen LogP contribution in [0.4, 0.5) is 10.5 Å². The number of benzene rings is 2. The van der Waals surface area contributed by atoms with Gasteiger partial charge in [-0.2, -0.15) is 5.26 Å². The summed E-state index contributed by atoms with van der Waals surface area (Å²) in [6, 6.07) is 10.7. The number of rotatable bonds is 8. The summed E-state index contributed by atoms with van der Waals surface area (Å²) in [6.45, 7) is 3.36. The fraction of sp³-hybridized carbons (Fsp3) is 0.263. The van der Waals surface area contributed by atoms with Gasteiger partial charge in [-0.1, -0.05) is 13.0 Å². The number of aryl methyl sites for hydroxylation is 1. The second-order valence-corrected chi connectivity index (χ2v) is 8.52. The molecule has 0 atom stereocenters. The minimum Gasteiger partial charge on any atom is -0.512 e. The third-order valence-corrected chi connectivity index (χ3v) is 6.01. The molecule has 0 unspecified atom stereocenters. The van der Waals surface area contributed by atoms with Crippen molar-refractivity contribution in [3.8, 4) is 11.8 Å². The normalized spacial score (nSPS) is 10.8. The Hall–Kier alpha value is -3.07. The molecule has 0 aromatic heterocycles. The molecule has 30 heavy (non-hydrogen) atoms. The van der Waals surface area contributed by atoms with Gasteiger partial charge < -0.3 is 19.4 Å². The minimum atomic E-state index is -3.55. The van der Waals surface area contributed by atoms with Gasteiger partial charge in [-0.25, -0.2) is 13.2 Å². The number of ether oxygens (including phenoxy) is 1. The molecule has 11 heteroatoms. The highest BCUT2D eigenvalue weighted by molar-refractivity contribution is 7.91. The molecule has 1 amide bonds. The van der Waals surface area contributed by atoms with Gasteiger partial charge in [-0.15, -0.1) is 0 Å². The Balaban J connectivity index is 1.95. The summed E-state index contributed by atoms with van der Waals surface area (Å²) >= 11 is 0. The van der Waals surface area contributed by atoms with Gasteiger partial charge in [0.1, 0.15) is 11.8 Å². The lowest BCUT2D eigenvalue weighted by molar-refractivity contribution is 0.163. The van der Waals surface area contributed by atoms with E-state index in [-0.39, 0.29) is 28.5 Å². The molecule has 0 aliphatic carbocycles. The lowest BCUT2D eigenvalue weighted by atomic mass is 10.1. The van der Waals surface area contributed by atoms with Crippen molar-refractivity contribution in [3.63, 3.8) is 0 Å². The molecule has 158 valence electrons. The van der Waals surface area contributed by atoms with Crippen molar-refractivity contribution >= 4 is 28.9 Å². The molecule has 2 aromatic rings. The molecule has 2 rings (SSSR count). The molecular formula is C19H21BN2O7S. The number of carbonyl (C=O) groups is 1. The van der Waals surface area contributed by atoms with Crippen molar-refractivity contribution in [2.45, 2.75) is 25.2 Å². The van der Waals surface area contributed by atoms with Crippen molar-refractivity contribution < 1.29 is 32.7 Å². The highest BCUT2D eigenvalue weighted by Gasteiger charge is 2.18. The molecule has 0 saturated carbocycles. The molecule has 0 fully saturated rings. The summed E-state index contributed by atoms with van der Waals surface area (Å²) < 4.78 is 33.9. The number of amides is 1. The number of nitrogens with zero attached hydrogens (tertiary/aromatic N) is 1. The monoisotopic (exact) mass is 432 g/mol. The largest absolute Gasteiger partial charge is 0.707 e. The average molecular weight is 432 g/mol. The van der Waals surface area contributed by atoms with Gasteiger partial charge in [-0.3, -0.25) is 5.32 Å². The van der Waals surface area contributed by atoms with Crippen molar-refractivity contribution in [3.05, 3.63) is 53.1 Å². The third-order valence-electron chi connectivity index (χ3n) is 4.22. The standard InChI is InChI=1S/C19H21BN2O7S/c1-3-30(26,27)18-7-5-16(11-15(18)12-21)22-19(23)28-9-8-14-4-6-17(10-13(14)2)29-20(24)25/h4-7,10-11,24-25H,3,8-9H2,1-2H3,(H,22,23). The number of nitrogens with one attached hydrogen (secondary N) is 1. The second-order valence-electron chi connectivity index (χ2n) is 6.27. The summed E-state index contributed by atoms with van der Waals surface area (Å²) in [4.78, 5) is 11.9. The number of hydrogen-bond acceptors (Lipinski definition) is 8. The van der Waals surface area contributed by atoms with Crippen LogP contribution >= 0.6 is 0 Å². The van der Waals surface area contributed by atoms with E-state index in [9.17, 15) is 18.5 Å². The van der Waals surface area contributed by atoms with Crippen LogP contribution in [-0.4, -0.2) is 44.2 Å². The molecule has 0 spiro atoms. The SMILES string of the molecule is CCS(=O)(=O)c1ccc(NC(=O)OCCc2ccc(OB(O)O)cc2C)cc1C#N. The molecule has 0 saturated heterocycles. The maximum absolute atomic E-state index is 12.0. The van der Waals surface area contributed by atoms with Crippen LogP contribution in [0.3, 0.4) is 0 Å². The van der Waals surface area contributed by atoms with Crippen molar-refractivity contribution in [2.24, 2.45) is 0 Å². The predicted molar refractivity (Wildman–Crippen MR) is 110 cm³/mol. The van der Waals surface area contributed by atoms with Crippen molar-refractivity contribution in [1.29, 1.82) is 5.26 Å². The number of anilines is 1. The highest BCUT2D eigenvalue weighted by Crippen LogP contribution is 2.21. The summed E-state index contributed by atoms with van der Waals surface area (Å²) in [5.41, 5.74) is 1.89. The van der Waals surface area contributed by atoms with Crippen molar-refractivity contribution in [1.82, 2.24) is 0 Å². The Morgan fingerprint density at radius 2 is 1.97 bits per heavy atom. The van der Waals surface area contributed by atoms with Crippen LogP contribution in [-0.2, 0) is 21.0 Å². The fourth-order valence-corrected chi connectivity index (χ4v) is 3.70. The molecule has 0 aliphatic heterocycles. The van der Waals surface area contributed by atoms with E-state index in [0.29, 0.717) is 12.2 Å². The molecule has 0 radical (unpaired) electrons. The van der Waals surface area contributed by atoms with Crippen LogP contribution in [0.15, 0.2) is 41.3 Å². The number of hydrogen-bond donors (Lipinski definition) is 3. The van der Waals surface area contributed by atoms with Crippen LogP contribution < -0.4 is 9.97 Å². The zero-order valence-electron chi connectivity index (χ0n) is 16.5. The van der Waals surface area contributed by atoms with Crippen LogP contribution in [0.2, 0.25) is 0 Å². The molecule has 9 nitrogen and oxygen atoms in total. The molecule has 0 heterocycles. The second kappa shape index (κ2) is 10.1. The fourth-order valence-electron chi connectivity index (χ4n) is 2.67. The minimum absolute atomic E-state index is 0.0550. The first-order valence-electron chi connectivity index (χ1n) is 8.99. The first-order chi connectivity index (χ1) is 14.2.